The lowest BCUT2D eigenvalue weighted by atomic mass is 10.1. The highest BCUT2D eigenvalue weighted by molar-refractivity contribution is 6.05. The standard InChI is InChI=1S/C20H23N7O2/c1-20(2,10-28)25-19(29)13-8-22-18-17(13)24-14(9-23-18)16-12-6-5-11(21-3)7-15(12)27(4)26-16/h5-9,21,28H,10H2,1-4H3,(H,22,23)(H,25,29). The van der Waals surface area contributed by atoms with Gasteiger partial charge in [-0.15, -0.1) is 0 Å². The number of aryl methyl sites for hydroxylation is 1. The number of hydrogen-bond acceptors (Lipinski definition) is 6. The van der Waals surface area contributed by atoms with Crippen molar-refractivity contribution in [1.29, 1.82) is 0 Å². The molecule has 0 bridgehead atoms. The van der Waals surface area contributed by atoms with Crippen molar-refractivity contribution in [2.45, 2.75) is 19.4 Å². The molecule has 0 saturated heterocycles. The fourth-order valence-corrected chi connectivity index (χ4v) is 3.19. The number of aromatic amines is 1. The molecule has 9 nitrogen and oxygen atoms in total. The number of aliphatic hydroxyl groups is 1. The van der Waals surface area contributed by atoms with Crippen molar-refractivity contribution < 1.29 is 9.90 Å². The Balaban J connectivity index is 1.80. The van der Waals surface area contributed by atoms with Gasteiger partial charge in [-0.3, -0.25) is 9.48 Å². The monoisotopic (exact) mass is 393 g/mol. The Morgan fingerprint density at radius 3 is 2.86 bits per heavy atom. The Labute approximate surface area is 167 Å². The maximum absolute atomic E-state index is 12.7. The average molecular weight is 393 g/mol. The molecular formula is C20H23N7O2. The van der Waals surface area contributed by atoms with Crippen molar-refractivity contribution in [3.63, 3.8) is 0 Å². The van der Waals surface area contributed by atoms with Crippen LogP contribution in [0.3, 0.4) is 0 Å². The molecule has 3 heterocycles. The smallest absolute Gasteiger partial charge is 0.255 e. The van der Waals surface area contributed by atoms with Gasteiger partial charge >= 0.3 is 0 Å². The molecule has 0 aliphatic rings. The summed E-state index contributed by atoms with van der Waals surface area (Å²) in [5, 5.41) is 20.9. The summed E-state index contributed by atoms with van der Waals surface area (Å²) in [5.74, 6) is -0.328. The highest BCUT2D eigenvalue weighted by Gasteiger charge is 2.23. The van der Waals surface area contributed by atoms with E-state index in [0.717, 1.165) is 16.6 Å². The van der Waals surface area contributed by atoms with Gasteiger partial charge in [-0.2, -0.15) is 5.10 Å². The van der Waals surface area contributed by atoms with Gasteiger partial charge in [0.2, 0.25) is 0 Å². The summed E-state index contributed by atoms with van der Waals surface area (Å²) in [7, 11) is 3.75. The third kappa shape index (κ3) is 3.29. The highest BCUT2D eigenvalue weighted by atomic mass is 16.3. The zero-order valence-corrected chi connectivity index (χ0v) is 16.7. The minimum absolute atomic E-state index is 0.174. The number of fused-ring (bicyclic) bond motifs is 2. The second-order valence-corrected chi connectivity index (χ2v) is 7.61. The number of rotatable bonds is 5. The maximum Gasteiger partial charge on any atom is 0.255 e. The number of anilines is 1. The number of H-pyrrole nitrogens is 1. The fourth-order valence-electron chi connectivity index (χ4n) is 3.19. The fraction of sp³-hybridized carbons (Fsp3) is 0.300. The van der Waals surface area contributed by atoms with Gasteiger partial charge in [0.1, 0.15) is 16.9 Å². The minimum atomic E-state index is -0.742. The molecule has 4 aromatic rings. The lowest BCUT2D eigenvalue weighted by molar-refractivity contribution is 0.0871. The van der Waals surface area contributed by atoms with E-state index in [0.29, 0.717) is 28.1 Å². The van der Waals surface area contributed by atoms with E-state index in [9.17, 15) is 9.90 Å². The number of nitrogens with zero attached hydrogens (tertiary/aromatic N) is 4. The molecular weight excluding hydrogens is 370 g/mol. The average Bonchev–Trinajstić information content (AvgIpc) is 3.28. The summed E-state index contributed by atoms with van der Waals surface area (Å²) in [4.78, 5) is 24.8. The van der Waals surface area contributed by atoms with Gasteiger partial charge in [0.15, 0.2) is 5.65 Å². The molecule has 150 valence electrons. The third-order valence-corrected chi connectivity index (χ3v) is 4.86. The van der Waals surface area contributed by atoms with Crippen LogP contribution in [0.2, 0.25) is 0 Å². The van der Waals surface area contributed by atoms with Crippen LogP contribution in [0.25, 0.3) is 33.5 Å². The number of carbonyl (C=O) groups is 1. The molecule has 4 rings (SSSR count). The van der Waals surface area contributed by atoms with Gasteiger partial charge in [0.05, 0.1) is 29.4 Å². The van der Waals surface area contributed by atoms with Gasteiger partial charge < -0.3 is 20.7 Å². The van der Waals surface area contributed by atoms with Gasteiger partial charge in [0, 0.05) is 31.4 Å². The van der Waals surface area contributed by atoms with Crippen LogP contribution in [0.1, 0.15) is 24.2 Å². The van der Waals surface area contributed by atoms with E-state index in [2.05, 4.69) is 30.7 Å². The molecule has 3 aromatic heterocycles. The summed E-state index contributed by atoms with van der Waals surface area (Å²) in [6, 6.07) is 5.99. The zero-order valence-electron chi connectivity index (χ0n) is 16.7. The van der Waals surface area contributed by atoms with E-state index in [1.54, 1.807) is 30.9 Å². The summed E-state index contributed by atoms with van der Waals surface area (Å²) in [6.45, 7) is 3.32. The molecule has 0 spiro atoms. The van der Waals surface area contributed by atoms with Crippen molar-refractivity contribution in [1.82, 2.24) is 30.0 Å². The molecule has 0 radical (unpaired) electrons. The molecule has 1 amide bonds. The van der Waals surface area contributed by atoms with Gasteiger partial charge in [0.25, 0.3) is 5.91 Å². The van der Waals surface area contributed by atoms with Crippen LogP contribution in [0.5, 0.6) is 0 Å². The van der Waals surface area contributed by atoms with Crippen LogP contribution in [0, 0.1) is 0 Å². The number of aromatic nitrogens is 5. The molecule has 0 atom stereocenters. The Morgan fingerprint density at radius 2 is 2.14 bits per heavy atom. The van der Waals surface area contributed by atoms with E-state index >= 15 is 0 Å². The Hall–Kier alpha value is -3.46. The molecule has 1 aromatic carbocycles. The van der Waals surface area contributed by atoms with Crippen molar-refractivity contribution >= 4 is 33.7 Å². The number of aliphatic hydroxyl groups excluding tert-OH is 1. The Morgan fingerprint density at radius 1 is 1.34 bits per heavy atom. The summed E-state index contributed by atoms with van der Waals surface area (Å²) in [6.07, 6.45) is 3.22. The first kappa shape index (κ1) is 18.9. The van der Waals surface area contributed by atoms with E-state index in [1.807, 2.05) is 32.3 Å². The van der Waals surface area contributed by atoms with E-state index in [-0.39, 0.29) is 12.5 Å². The SMILES string of the molecule is CNc1ccc2c(-c3cnc4[nH]cc(C(=O)NC(C)(C)CO)c4n3)nn(C)c2c1. The van der Waals surface area contributed by atoms with Crippen LogP contribution in [-0.4, -0.2) is 54.9 Å². The van der Waals surface area contributed by atoms with Gasteiger partial charge in [-0.25, -0.2) is 9.97 Å². The molecule has 0 aliphatic heterocycles. The van der Waals surface area contributed by atoms with Gasteiger partial charge in [-0.05, 0) is 32.0 Å². The largest absolute Gasteiger partial charge is 0.394 e. The third-order valence-electron chi connectivity index (χ3n) is 4.86. The van der Waals surface area contributed by atoms with E-state index in [4.69, 9.17) is 0 Å². The first-order valence-electron chi connectivity index (χ1n) is 9.25. The first-order chi connectivity index (χ1) is 13.8. The molecule has 0 fully saturated rings. The molecule has 9 heteroatoms. The van der Waals surface area contributed by atoms with Crippen molar-refractivity contribution in [2.75, 3.05) is 19.0 Å². The van der Waals surface area contributed by atoms with Crippen LogP contribution in [-0.2, 0) is 7.05 Å². The second kappa shape index (κ2) is 6.85. The van der Waals surface area contributed by atoms with Crippen LogP contribution >= 0.6 is 0 Å². The topological polar surface area (TPSA) is 121 Å². The van der Waals surface area contributed by atoms with Gasteiger partial charge in [-0.1, -0.05) is 0 Å². The quantitative estimate of drug-likeness (QED) is 0.412. The number of amides is 1. The van der Waals surface area contributed by atoms with Crippen LogP contribution < -0.4 is 10.6 Å². The Kier molecular flexibility index (Phi) is 4.46. The zero-order chi connectivity index (χ0) is 20.8. The number of carbonyl (C=O) groups excluding carboxylic acids is 1. The summed E-state index contributed by atoms with van der Waals surface area (Å²) < 4.78 is 1.80. The molecule has 29 heavy (non-hydrogen) atoms. The predicted octanol–water partition coefficient (Wildman–Crippen LogP) is 2.05. The lowest BCUT2D eigenvalue weighted by Gasteiger charge is -2.23. The lowest BCUT2D eigenvalue weighted by Crippen LogP contribution is -2.46. The summed E-state index contributed by atoms with van der Waals surface area (Å²) in [5.41, 5.74) is 3.83. The number of benzene rings is 1. The minimum Gasteiger partial charge on any atom is -0.394 e. The van der Waals surface area contributed by atoms with E-state index in [1.165, 1.54) is 0 Å². The van der Waals surface area contributed by atoms with Crippen molar-refractivity contribution in [3.05, 3.63) is 36.2 Å². The molecule has 0 aliphatic carbocycles. The van der Waals surface area contributed by atoms with Crippen LogP contribution in [0.4, 0.5) is 5.69 Å². The summed E-state index contributed by atoms with van der Waals surface area (Å²) >= 11 is 0. The molecule has 4 N–H and O–H groups in total. The second-order valence-electron chi connectivity index (χ2n) is 7.61. The predicted molar refractivity (Wildman–Crippen MR) is 112 cm³/mol. The van der Waals surface area contributed by atoms with E-state index < -0.39 is 5.54 Å². The highest BCUT2D eigenvalue weighted by Crippen LogP contribution is 2.29. The maximum atomic E-state index is 12.7. The molecule has 0 saturated carbocycles. The normalized spacial score (nSPS) is 11.9. The van der Waals surface area contributed by atoms with Crippen molar-refractivity contribution in [3.8, 4) is 11.4 Å². The Bertz CT molecular complexity index is 1220. The van der Waals surface area contributed by atoms with Crippen LogP contribution in [0.15, 0.2) is 30.6 Å². The first-order valence-corrected chi connectivity index (χ1v) is 9.25. The number of nitrogens with one attached hydrogen (secondary N) is 3. The molecule has 0 unspecified atom stereocenters. The number of hydrogen-bond donors (Lipinski definition) is 4. The van der Waals surface area contributed by atoms with Crippen molar-refractivity contribution in [2.24, 2.45) is 7.05 Å².